The zero-order valence-electron chi connectivity index (χ0n) is 17.3. The van der Waals surface area contributed by atoms with E-state index in [1.165, 1.54) is 16.5 Å². The minimum atomic E-state index is -0.941. The van der Waals surface area contributed by atoms with Crippen molar-refractivity contribution in [2.75, 3.05) is 29.5 Å². The van der Waals surface area contributed by atoms with Crippen molar-refractivity contribution in [1.82, 2.24) is 15.1 Å². The van der Waals surface area contributed by atoms with E-state index >= 15 is 0 Å². The Balaban J connectivity index is 1.47. The number of aromatic nitrogens is 2. The summed E-state index contributed by atoms with van der Waals surface area (Å²) < 4.78 is 36.5. The molecule has 3 heterocycles. The summed E-state index contributed by atoms with van der Waals surface area (Å²) in [7, 11) is 0. The van der Waals surface area contributed by atoms with Gasteiger partial charge in [0.1, 0.15) is 11.8 Å². The molecule has 0 radical (unpaired) electrons. The predicted molar refractivity (Wildman–Crippen MR) is 108 cm³/mol. The molecule has 0 spiro atoms. The van der Waals surface area contributed by atoms with Crippen molar-refractivity contribution < 1.29 is 33.3 Å². The van der Waals surface area contributed by atoms with Gasteiger partial charge in [0.05, 0.1) is 50.3 Å². The second-order valence-electron chi connectivity index (χ2n) is 7.83. The van der Waals surface area contributed by atoms with E-state index in [0.717, 1.165) is 22.6 Å². The second-order valence-corrected chi connectivity index (χ2v) is 7.83. The van der Waals surface area contributed by atoms with Gasteiger partial charge in [-0.2, -0.15) is 5.10 Å². The number of amides is 2. The van der Waals surface area contributed by atoms with Crippen LogP contribution in [0.15, 0.2) is 18.3 Å². The summed E-state index contributed by atoms with van der Waals surface area (Å²) in [6.45, 7) is 1.63. The Bertz CT molecular complexity index is 999. The number of halogens is 2. The smallest absolute Gasteiger partial charge is 0.414 e. The molecule has 0 saturated carbocycles. The van der Waals surface area contributed by atoms with Crippen LogP contribution in [0.1, 0.15) is 18.2 Å². The maximum atomic E-state index is 14.9. The number of carbonyl (C=O) groups excluding carboxylic acids is 2. The molecule has 1 aromatic carbocycles. The number of hydrogen-bond donors (Lipinski definition) is 3. The molecule has 1 fully saturated rings. The molecule has 172 valence electrons. The van der Waals surface area contributed by atoms with Gasteiger partial charge in [0.2, 0.25) is 5.91 Å². The highest BCUT2D eigenvalue weighted by Gasteiger charge is 2.34. The van der Waals surface area contributed by atoms with Crippen LogP contribution in [0.5, 0.6) is 0 Å². The van der Waals surface area contributed by atoms with E-state index in [1.54, 1.807) is 6.20 Å². The number of aliphatic hydroxyl groups is 2. The van der Waals surface area contributed by atoms with Crippen molar-refractivity contribution in [3.05, 3.63) is 41.2 Å². The Hall–Kier alpha value is -3.25. The van der Waals surface area contributed by atoms with Gasteiger partial charge in [0, 0.05) is 37.4 Å². The van der Waals surface area contributed by atoms with Crippen molar-refractivity contribution in [2.24, 2.45) is 0 Å². The van der Waals surface area contributed by atoms with Crippen molar-refractivity contribution in [3.63, 3.8) is 0 Å². The van der Waals surface area contributed by atoms with Crippen LogP contribution in [-0.4, -0.2) is 63.9 Å². The minimum Gasteiger partial charge on any atom is -0.442 e. The van der Waals surface area contributed by atoms with E-state index < -0.39 is 36.5 Å². The number of nitrogens with zero attached hydrogens (tertiary/aromatic N) is 4. The molecular formula is C20H23F2N5O5. The molecule has 0 unspecified atom stereocenters. The average molecular weight is 451 g/mol. The van der Waals surface area contributed by atoms with Crippen molar-refractivity contribution in [2.45, 2.75) is 38.8 Å². The molecule has 0 aliphatic carbocycles. The van der Waals surface area contributed by atoms with Crippen molar-refractivity contribution in [3.8, 4) is 0 Å². The summed E-state index contributed by atoms with van der Waals surface area (Å²) in [6.07, 6.45) is -0.628. The fraction of sp³-hybridized carbons (Fsp3) is 0.450. The highest BCUT2D eigenvalue weighted by molar-refractivity contribution is 5.90. The first-order valence-electron chi connectivity index (χ1n) is 10.1. The molecule has 2 aliphatic heterocycles. The van der Waals surface area contributed by atoms with Crippen molar-refractivity contribution >= 4 is 23.4 Å². The van der Waals surface area contributed by atoms with E-state index in [9.17, 15) is 23.5 Å². The summed E-state index contributed by atoms with van der Waals surface area (Å²) in [5.41, 5.74) is 1.19. The molecule has 3 N–H and O–H groups in total. The molecule has 2 atom stereocenters. The molecule has 1 saturated heterocycles. The second kappa shape index (κ2) is 8.71. The lowest BCUT2D eigenvalue weighted by atomic mass is 10.2. The number of fused-ring (bicyclic) bond motifs is 1. The van der Waals surface area contributed by atoms with E-state index in [1.807, 2.05) is 0 Å². The van der Waals surface area contributed by atoms with Crippen LogP contribution in [0.25, 0.3) is 0 Å². The average Bonchev–Trinajstić information content (AvgIpc) is 3.38. The molecule has 2 aromatic rings. The first-order chi connectivity index (χ1) is 15.2. The zero-order valence-corrected chi connectivity index (χ0v) is 17.3. The van der Waals surface area contributed by atoms with Gasteiger partial charge in [0.25, 0.3) is 0 Å². The third-order valence-corrected chi connectivity index (χ3v) is 5.32. The van der Waals surface area contributed by atoms with E-state index in [-0.39, 0.29) is 50.0 Å². The molecule has 32 heavy (non-hydrogen) atoms. The lowest BCUT2D eigenvalue weighted by molar-refractivity contribution is -0.119. The molecule has 10 nitrogen and oxygen atoms in total. The zero-order chi connectivity index (χ0) is 23.0. The Morgan fingerprint density at radius 2 is 2.06 bits per heavy atom. The Kier molecular flexibility index (Phi) is 5.98. The van der Waals surface area contributed by atoms with Crippen molar-refractivity contribution in [1.29, 1.82) is 0 Å². The lowest BCUT2D eigenvalue weighted by Crippen LogP contribution is -2.33. The van der Waals surface area contributed by atoms with E-state index in [0.29, 0.717) is 5.69 Å². The summed E-state index contributed by atoms with van der Waals surface area (Å²) in [5, 5.41) is 25.3. The Morgan fingerprint density at radius 3 is 2.69 bits per heavy atom. The Labute approximate surface area is 182 Å². The maximum absolute atomic E-state index is 14.9. The predicted octanol–water partition coefficient (Wildman–Crippen LogP) is 0.496. The maximum Gasteiger partial charge on any atom is 0.414 e. The van der Waals surface area contributed by atoms with Gasteiger partial charge < -0.3 is 25.2 Å². The van der Waals surface area contributed by atoms with Gasteiger partial charge in [-0.05, 0) is 0 Å². The third-order valence-electron chi connectivity index (χ3n) is 5.32. The molecule has 2 aliphatic rings. The number of cyclic esters (lactones) is 1. The fourth-order valence-electron chi connectivity index (χ4n) is 3.84. The number of carbonyl (C=O) groups is 2. The summed E-state index contributed by atoms with van der Waals surface area (Å²) in [6, 6.07) is 2.16. The van der Waals surface area contributed by atoms with E-state index in [4.69, 9.17) is 9.84 Å². The number of benzene rings is 1. The van der Waals surface area contributed by atoms with Gasteiger partial charge in [-0.15, -0.1) is 0 Å². The van der Waals surface area contributed by atoms with E-state index in [2.05, 4.69) is 10.4 Å². The van der Waals surface area contributed by atoms with Gasteiger partial charge in [0.15, 0.2) is 11.6 Å². The number of anilines is 2. The minimum absolute atomic E-state index is 0.0270. The van der Waals surface area contributed by atoms with Crippen LogP contribution in [0, 0.1) is 11.6 Å². The number of ether oxygens (including phenoxy) is 1. The number of nitrogens with one attached hydrogen (secondary N) is 1. The largest absolute Gasteiger partial charge is 0.442 e. The molecule has 12 heteroatoms. The molecule has 1 aromatic heterocycles. The van der Waals surface area contributed by atoms with Crippen LogP contribution in [0.3, 0.4) is 0 Å². The Morgan fingerprint density at radius 1 is 1.34 bits per heavy atom. The molecule has 0 bridgehead atoms. The van der Waals surface area contributed by atoms with Gasteiger partial charge in [-0.3, -0.25) is 14.4 Å². The molecule has 2 amide bonds. The van der Waals surface area contributed by atoms with Crippen LogP contribution < -0.4 is 15.1 Å². The standard InChI is InChI=1S/C20H23F2N5O5/c1-11(29)23-4-15-8-27(20(31)32-15)13-2-16(21)19(17(22)3-13)25-5-12-6-26(7-14(30)10-28)24-18(12)9-25/h2-3,6,14-15,28,30H,4-5,7-10H2,1H3,(H,23,29)/t14-,15+/m1/s1. The fourth-order valence-corrected chi connectivity index (χ4v) is 3.84. The number of aliphatic hydroxyl groups excluding tert-OH is 2. The van der Waals surface area contributed by atoms with Crippen LogP contribution in [0.4, 0.5) is 25.0 Å². The number of rotatable bonds is 7. The van der Waals surface area contributed by atoms with Crippen LogP contribution in [0.2, 0.25) is 0 Å². The molecule has 4 rings (SSSR count). The third kappa shape index (κ3) is 4.36. The normalized spacial score (nSPS) is 18.7. The number of hydrogen-bond acceptors (Lipinski definition) is 7. The quantitative estimate of drug-likeness (QED) is 0.561. The first-order valence-corrected chi connectivity index (χ1v) is 10.1. The van der Waals surface area contributed by atoms with Crippen LogP contribution >= 0.6 is 0 Å². The van der Waals surface area contributed by atoms with Gasteiger partial charge in [-0.25, -0.2) is 13.6 Å². The molecular weight excluding hydrogens is 428 g/mol. The topological polar surface area (TPSA) is 120 Å². The highest BCUT2D eigenvalue weighted by Crippen LogP contribution is 2.35. The van der Waals surface area contributed by atoms with Gasteiger partial charge in [-0.1, -0.05) is 0 Å². The summed E-state index contributed by atoms with van der Waals surface area (Å²) >= 11 is 0. The first kappa shape index (κ1) is 22.0. The SMILES string of the molecule is CC(=O)NC[C@H]1CN(c2cc(F)c(N3Cc4cn(C[C@@H](O)CO)nc4C3)c(F)c2)C(=O)O1. The lowest BCUT2D eigenvalue weighted by Gasteiger charge is -2.22. The monoisotopic (exact) mass is 451 g/mol. The summed E-state index contributed by atoms with van der Waals surface area (Å²) in [5.74, 6) is -1.93. The highest BCUT2D eigenvalue weighted by atomic mass is 19.1. The van der Waals surface area contributed by atoms with Crippen LogP contribution in [-0.2, 0) is 29.2 Å². The van der Waals surface area contributed by atoms with Gasteiger partial charge >= 0.3 is 6.09 Å². The summed E-state index contributed by atoms with van der Waals surface area (Å²) in [4.78, 5) is 25.8.